The second kappa shape index (κ2) is 5.88. The van der Waals surface area contributed by atoms with Gasteiger partial charge in [-0.15, -0.1) is 0 Å². The van der Waals surface area contributed by atoms with Crippen LogP contribution in [0.5, 0.6) is 0 Å². The molecule has 0 bridgehead atoms. The Hall–Kier alpha value is -1.13. The van der Waals surface area contributed by atoms with Gasteiger partial charge in [-0.3, -0.25) is 0 Å². The largest absolute Gasteiger partial charge is 0.386 e. The quantitative estimate of drug-likeness (QED) is 0.904. The van der Waals surface area contributed by atoms with E-state index in [1.807, 2.05) is 0 Å². The van der Waals surface area contributed by atoms with E-state index >= 15 is 0 Å². The number of aliphatic hydroxyl groups excluding tert-OH is 1. The first-order chi connectivity index (χ1) is 8.99. The van der Waals surface area contributed by atoms with Crippen LogP contribution in [0.4, 0.5) is 4.39 Å². The summed E-state index contributed by atoms with van der Waals surface area (Å²) in [7, 11) is 0. The summed E-state index contributed by atoms with van der Waals surface area (Å²) in [4.78, 5) is 0. The Balaban J connectivity index is 2.25. The van der Waals surface area contributed by atoms with E-state index in [9.17, 15) is 9.50 Å². The highest BCUT2D eigenvalue weighted by Crippen LogP contribution is 2.29. The lowest BCUT2D eigenvalue weighted by atomic mass is 9.97. The maximum absolute atomic E-state index is 13.1. The number of aliphatic hydroxyl groups is 1. The maximum atomic E-state index is 13.1. The summed E-state index contributed by atoms with van der Waals surface area (Å²) in [6.07, 6.45) is -0.973. The van der Waals surface area contributed by atoms with Gasteiger partial charge in [0.1, 0.15) is 5.82 Å². The lowest BCUT2D eigenvalue weighted by molar-refractivity contribution is 0.147. The Kier molecular flexibility index (Phi) is 4.42. The van der Waals surface area contributed by atoms with Gasteiger partial charge in [0.25, 0.3) is 0 Å². The molecule has 0 heterocycles. The van der Waals surface area contributed by atoms with Crippen LogP contribution in [0.15, 0.2) is 42.5 Å². The topological polar surface area (TPSA) is 46.2 Å². The second-order valence-electron chi connectivity index (χ2n) is 4.20. The van der Waals surface area contributed by atoms with Crippen LogP contribution in [0.2, 0.25) is 10.0 Å². The second-order valence-corrected chi connectivity index (χ2v) is 5.04. The van der Waals surface area contributed by atoms with Crippen molar-refractivity contribution in [1.29, 1.82) is 0 Å². The lowest BCUT2D eigenvalue weighted by Gasteiger charge is -2.20. The predicted molar refractivity (Wildman–Crippen MR) is 74.8 cm³/mol. The average molecular weight is 300 g/mol. The first-order valence-corrected chi connectivity index (χ1v) is 6.38. The van der Waals surface area contributed by atoms with Crippen LogP contribution in [-0.4, -0.2) is 5.11 Å². The lowest BCUT2D eigenvalue weighted by Crippen LogP contribution is -2.19. The fraction of sp³-hybridized carbons (Fsp3) is 0.143. The van der Waals surface area contributed by atoms with Crippen molar-refractivity contribution in [3.05, 3.63) is 69.5 Å². The minimum atomic E-state index is -0.973. The van der Waals surface area contributed by atoms with Crippen LogP contribution in [0.25, 0.3) is 0 Å². The number of halogens is 3. The van der Waals surface area contributed by atoms with Gasteiger partial charge in [0, 0.05) is 5.02 Å². The van der Waals surface area contributed by atoms with Gasteiger partial charge in [-0.05, 0) is 35.4 Å². The fourth-order valence-corrected chi connectivity index (χ4v) is 2.09. The van der Waals surface area contributed by atoms with Gasteiger partial charge in [0.15, 0.2) is 0 Å². The molecule has 0 radical (unpaired) electrons. The number of hydrogen-bond acceptors (Lipinski definition) is 2. The highest BCUT2D eigenvalue weighted by atomic mass is 35.5. The summed E-state index contributed by atoms with van der Waals surface area (Å²) < 4.78 is 13.1. The molecule has 0 aromatic heterocycles. The van der Waals surface area contributed by atoms with Gasteiger partial charge in [-0.1, -0.05) is 41.4 Å². The third-order valence-corrected chi connectivity index (χ3v) is 3.42. The van der Waals surface area contributed by atoms with Crippen molar-refractivity contribution in [2.75, 3.05) is 0 Å². The van der Waals surface area contributed by atoms with Crippen molar-refractivity contribution in [3.8, 4) is 0 Å². The molecule has 19 heavy (non-hydrogen) atoms. The van der Waals surface area contributed by atoms with Crippen LogP contribution in [-0.2, 0) is 0 Å². The molecule has 2 atom stereocenters. The summed E-state index contributed by atoms with van der Waals surface area (Å²) in [5, 5.41) is 10.7. The molecule has 100 valence electrons. The van der Waals surface area contributed by atoms with E-state index in [1.165, 1.54) is 18.2 Å². The summed E-state index contributed by atoms with van der Waals surface area (Å²) >= 11 is 11.5. The molecule has 0 spiro atoms. The van der Waals surface area contributed by atoms with E-state index in [2.05, 4.69) is 0 Å². The molecule has 2 aromatic carbocycles. The number of hydrogen-bond donors (Lipinski definition) is 2. The minimum Gasteiger partial charge on any atom is -0.386 e. The van der Waals surface area contributed by atoms with Crippen molar-refractivity contribution in [3.63, 3.8) is 0 Å². The fourth-order valence-electron chi connectivity index (χ4n) is 1.77. The zero-order valence-corrected chi connectivity index (χ0v) is 11.4. The van der Waals surface area contributed by atoms with E-state index < -0.39 is 18.0 Å². The van der Waals surface area contributed by atoms with E-state index in [0.717, 1.165) is 5.56 Å². The zero-order chi connectivity index (χ0) is 14.0. The van der Waals surface area contributed by atoms with E-state index in [1.54, 1.807) is 24.3 Å². The first-order valence-electron chi connectivity index (χ1n) is 5.63. The first kappa shape index (κ1) is 14.3. The van der Waals surface area contributed by atoms with E-state index in [-0.39, 0.29) is 5.02 Å². The Morgan fingerprint density at radius 2 is 1.58 bits per heavy atom. The molecule has 5 heteroatoms. The van der Waals surface area contributed by atoms with Gasteiger partial charge in [0.05, 0.1) is 17.2 Å². The molecule has 0 aliphatic heterocycles. The number of nitrogens with two attached hydrogens (primary N) is 1. The van der Waals surface area contributed by atoms with Gasteiger partial charge in [-0.2, -0.15) is 0 Å². The van der Waals surface area contributed by atoms with Crippen molar-refractivity contribution in [1.82, 2.24) is 0 Å². The van der Waals surface area contributed by atoms with Crippen LogP contribution in [0.3, 0.4) is 0 Å². The normalized spacial score (nSPS) is 14.2. The van der Waals surface area contributed by atoms with Crippen LogP contribution < -0.4 is 5.73 Å². The van der Waals surface area contributed by atoms with Crippen molar-refractivity contribution >= 4 is 23.2 Å². The average Bonchev–Trinajstić information content (AvgIpc) is 2.41. The number of rotatable bonds is 3. The third kappa shape index (κ3) is 3.25. The molecule has 0 amide bonds. The standard InChI is InChI=1S/C14H12Cl2FNO/c15-10-4-1-8(2-5-10)13(18)14(19)9-3-6-12(17)11(16)7-9/h1-7,13-14,19H,18H2. The molecular weight excluding hydrogens is 288 g/mol. The SMILES string of the molecule is NC(c1ccc(Cl)cc1)C(O)c1ccc(F)c(Cl)c1. The Morgan fingerprint density at radius 3 is 2.16 bits per heavy atom. The van der Waals surface area contributed by atoms with E-state index in [4.69, 9.17) is 28.9 Å². The summed E-state index contributed by atoms with van der Waals surface area (Å²) in [6.45, 7) is 0. The van der Waals surface area contributed by atoms with E-state index in [0.29, 0.717) is 10.6 Å². The molecule has 0 aliphatic rings. The highest BCUT2D eigenvalue weighted by molar-refractivity contribution is 6.31. The molecule has 2 nitrogen and oxygen atoms in total. The van der Waals surface area contributed by atoms with Crippen molar-refractivity contribution in [2.24, 2.45) is 5.73 Å². The van der Waals surface area contributed by atoms with Gasteiger partial charge in [0.2, 0.25) is 0 Å². The smallest absolute Gasteiger partial charge is 0.141 e. The van der Waals surface area contributed by atoms with Crippen LogP contribution in [0, 0.1) is 5.82 Å². The molecule has 2 unspecified atom stereocenters. The van der Waals surface area contributed by atoms with Gasteiger partial charge >= 0.3 is 0 Å². The molecule has 0 fully saturated rings. The van der Waals surface area contributed by atoms with Crippen LogP contribution in [0.1, 0.15) is 23.3 Å². The molecule has 2 aromatic rings. The van der Waals surface area contributed by atoms with Crippen molar-refractivity contribution in [2.45, 2.75) is 12.1 Å². The Morgan fingerprint density at radius 1 is 1.00 bits per heavy atom. The molecule has 0 saturated carbocycles. The van der Waals surface area contributed by atoms with Crippen LogP contribution >= 0.6 is 23.2 Å². The number of benzene rings is 2. The zero-order valence-electron chi connectivity index (χ0n) is 9.85. The van der Waals surface area contributed by atoms with Gasteiger partial charge in [-0.25, -0.2) is 4.39 Å². The predicted octanol–water partition coefficient (Wildman–Crippen LogP) is 3.87. The van der Waals surface area contributed by atoms with Crippen molar-refractivity contribution < 1.29 is 9.50 Å². The molecule has 2 rings (SSSR count). The highest BCUT2D eigenvalue weighted by Gasteiger charge is 2.19. The summed E-state index contributed by atoms with van der Waals surface area (Å²) in [5.74, 6) is -0.530. The molecule has 0 saturated heterocycles. The van der Waals surface area contributed by atoms with Gasteiger partial charge < -0.3 is 10.8 Å². The minimum absolute atomic E-state index is 0.0418. The molecule has 0 aliphatic carbocycles. The maximum Gasteiger partial charge on any atom is 0.141 e. The Labute approximate surface area is 120 Å². The Bertz CT molecular complexity index is 574. The third-order valence-electron chi connectivity index (χ3n) is 2.88. The summed E-state index contributed by atoms with van der Waals surface area (Å²) in [6, 6.07) is 10.3. The molecular formula is C14H12Cl2FNO. The summed E-state index contributed by atoms with van der Waals surface area (Å²) in [5.41, 5.74) is 7.18. The molecule has 3 N–H and O–H groups in total. The monoisotopic (exact) mass is 299 g/mol.